The number of hydrogen-bond acceptors (Lipinski definition) is 2. The summed E-state index contributed by atoms with van der Waals surface area (Å²) < 4.78 is 2.29. The van der Waals surface area contributed by atoms with Crippen LogP contribution in [-0.2, 0) is 19.5 Å². The highest BCUT2D eigenvalue weighted by Crippen LogP contribution is 2.11. The summed E-state index contributed by atoms with van der Waals surface area (Å²) in [4.78, 5) is 4.45. The number of aryl methyl sites for hydroxylation is 2. The molecular weight excluding hydrogens is 246 g/mol. The van der Waals surface area contributed by atoms with E-state index in [1.807, 2.05) is 6.20 Å². The lowest BCUT2D eigenvalue weighted by Crippen LogP contribution is -2.23. The summed E-state index contributed by atoms with van der Waals surface area (Å²) in [6.07, 6.45) is 3.07. The topological polar surface area (TPSA) is 29.9 Å². The number of aromatic nitrogens is 2. The molecule has 0 aliphatic heterocycles. The van der Waals surface area contributed by atoms with Crippen molar-refractivity contribution in [1.82, 2.24) is 14.9 Å². The third kappa shape index (κ3) is 3.70. The molecule has 0 spiro atoms. The lowest BCUT2D eigenvalue weighted by atomic mass is 10.1. The van der Waals surface area contributed by atoms with E-state index in [1.165, 1.54) is 16.8 Å². The molecule has 0 bridgehead atoms. The van der Waals surface area contributed by atoms with Crippen molar-refractivity contribution in [2.75, 3.05) is 0 Å². The van der Waals surface area contributed by atoms with E-state index in [0.29, 0.717) is 6.04 Å². The van der Waals surface area contributed by atoms with Crippen molar-refractivity contribution in [3.05, 3.63) is 53.1 Å². The molecule has 20 heavy (non-hydrogen) atoms. The highest BCUT2D eigenvalue weighted by molar-refractivity contribution is 5.23. The Morgan fingerprint density at radius 2 is 1.80 bits per heavy atom. The van der Waals surface area contributed by atoms with Crippen LogP contribution in [0.1, 0.15) is 43.4 Å². The maximum Gasteiger partial charge on any atom is 0.106 e. The minimum absolute atomic E-state index is 0.488. The number of nitrogens with one attached hydrogen (secondary N) is 1. The van der Waals surface area contributed by atoms with Gasteiger partial charge in [-0.2, -0.15) is 0 Å². The quantitative estimate of drug-likeness (QED) is 0.873. The molecular formula is C17H25N3. The molecule has 1 heterocycles. The van der Waals surface area contributed by atoms with Gasteiger partial charge in [-0.15, -0.1) is 0 Å². The Morgan fingerprint density at radius 3 is 2.40 bits per heavy atom. The van der Waals surface area contributed by atoms with Crippen LogP contribution in [-0.4, -0.2) is 15.6 Å². The third-order valence-electron chi connectivity index (χ3n) is 3.60. The molecule has 3 heteroatoms. The first-order valence-electron chi connectivity index (χ1n) is 7.42. The van der Waals surface area contributed by atoms with Gasteiger partial charge in [0.25, 0.3) is 0 Å². The molecule has 3 nitrogen and oxygen atoms in total. The Hall–Kier alpha value is -1.61. The van der Waals surface area contributed by atoms with Crippen molar-refractivity contribution in [3.8, 4) is 0 Å². The van der Waals surface area contributed by atoms with Crippen molar-refractivity contribution in [2.45, 2.75) is 53.2 Å². The molecule has 1 aromatic heterocycles. The van der Waals surface area contributed by atoms with Crippen molar-refractivity contribution in [1.29, 1.82) is 0 Å². The van der Waals surface area contributed by atoms with Crippen LogP contribution in [0.2, 0.25) is 0 Å². The van der Waals surface area contributed by atoms with Gasteiger partial charge in [0.2, 0.25) is 0 Å². The number of nitrogens with zero attached hydrogens (tertiary/aromatic N) is 2. The number of hydrogen-bond donors (Lipinski definition) is 1. The van der Waals surface area contributed by atoms with Gasteiger partial charge in [-0.25, -0.2) is 4.98 Å². The van der Waals surface area contributed by atoms with Crippen molar-refractivity contribution in [3.63, 3.8) is 0 Å². The summed E-state index contributed by atoms with van der Waals surface area (Å²) in [7, 11) is 0. The van der Waals surface area contributed by atoms with Crippen LogP contribution in [0.4, 0.5) is 0 Å². The maximum absolute atomic E-state index is 4.45. The van der Waals surface area contributed by atoms with Crippen LogP contribution < -0.4 is 5.32 Å². The molecule has 0 saturated carbocycles. The van der Waals surface area contributed by atoms with Gasteiger partial charge in [0, 0.05) is 25.3 Å². The third-order valence-corrected chi connectivity index (χ3v) is 3.60. The normalized spacial score (nSPS) is 11.2. The largest absolute Gasteiger partial charge is 0.327 e. The van der Waals surface area contributed by atoms with Gasteiger partial charge in [-0.05, 0) is 24.5 Å². The Morgan fingerprint density at radius 1 is 1.15 bits per heavy atom. The van der Waals surface area contributed by atoms with E-state index in [4.69, 9.17) is 0 Å². The second kappa shape index (κ2) is 6.71. The standard InChI is InChI=1S/C17H25N3/c1-5-15-6-8-16(9-7-15)12-20-14(4)19-11-17(20)10-18-13(2)3/h6-9,11,13,18H,5,10,12H2,1-4H3. The summed E-state index contributed by atoms with van der Waals surface area (Å²) in [6.45, 7) is 10.3. The number of rotatable bonds is 6. The lowest BCUT2D eigenvalue weighted by Gasteiger charge is -2.13. The highest BCUT2D eigenvalue weighted by atomic mass is 15.1. The van der Waals surface area contributed by atoms with E-state index in [-0.39, 0.29) is 0 Å². The van der Waals surface area contributed by atoms with Crippen molar-refractivity contribution < 1.29 is 0 Å². The molecule has 2 aromatic rings. The second-order valence-electron chi connectivity index (χ2n) is 5.59. The Kier molecular flexibility index (Phi) is 4.96. The van der Waals surface area contributed by atoms with Gasteiger partial charge in [0.1, 0.15) is 5.82 Å². The fourth-order valence-electron chi connectivity index (χ4n) is 2.24. The van der Waals surface area contributed by atoms with E-state index in [1.54, 1.807) is 0 Å². The summed E-state index contributed by atoms with van der Waals surface area (Å²) >= 11 is 0. The average Bonchev–Trinajstić information content (AvgIpc) is 2.78. The SMILES string of the molecule is CCc1ccc(Cn2c(CNC(C)C)cnc2C)cc1. The summed E-state index contributed by atoms with van der Waals surface area (Å²) in [5.74, 6) is 1.07. The molecule has 0 saturated heterocycles. The van der Waals surface area contributed by atoms with Gasteiger partial charge < -0.3 is 9.88 Å². The fraction of sp³-hybridized carbons (Fsp3) is 0.471. The molecule has 0 atom stereocenters. The molecule has 0 aliphatic carbocycles. The zero-order valence-corrected chi connectivity index (χ0v) is 13.0. The number of imidazole rings is 1. The monoisotopic (exact) mass is 271 g/mol. The van der Waals surface area contributed by atoms with E-state index < -0.39 is 0 Å². The predicted molar refractivity (Wildman–Crippen MR) is 83.9 cm³/mol. The van der Waals surface area contributed by atoms with Gasteiger partial charge in [-0.1, -0.05) is 45.0 Å². The van der Waals surface area contributed by atoms with Crippen molar-refractivity contribution >= 4 is 0 Å². The summed E-state index contributed by atoms with van der Waals surface area (Å²) in [5.41, 5.74) is 3.96. The van der Waals surface area contributed by atoms with E-state index in [0.717, 1.165) is 25.3 Å². The van der Waals surface area contributed by atoms with Crippen LogP contribution in [0, 0.1) is 6.92 Å². The second-order valence-corrected chi connectivity index (χ2v) is 5.59. The molecule has 0 unspecified atom stereocenters. The molecule has 0 aliphatic rings. The molecule has 0 fully saturated rings. The summed E-state index contributed by atoms with van der Waals surface area (Å²) in [5, 5.41) is 3.46. The van der Waals surface area contributed by atoms with Gasteiger partial charge in [-0.3, -0.25) is 0 Å². The van der Waals surface area contributed by atoms with Gasteiger partial charge >= 0.3 is 0 Å². The summed E-state index contributed by atoms with van der Waals surface area (Å²) in [6, 6.07) is 9.36. The molecule has 0 amide bonds. The van der Waals surface area contributed by atoms with E-state index in [2.05, 4.69) is 66.8 Å². The molecule has 0 radical (unpaired) electrons. The average molecular weight is 271 g/mol. The Bertz CT molecular complexity index is 538. The molecule has 1 N–H and O–H groups in total. The first kappa shape index (κ1) is 14.8. The fourth-order valence-corrected chi connectivity index (χ4v) is 2.24. The lowest BCUT2D eigenvalue weighted by molar-refractivity contribution is 0.562. The highest BCUT2D eigenvalue weighted by Gasteiger charge is 2.07. The minimum atomic E-state index is 0.488. The predicted octanol–water partition coefficient (Wildman–Crippen LogP) is 3.30. The minimum Gasteiger partial charge on any atom is -0.327 e. The number of benzene rings is 1. The van der Waals surface area contributed by atoms with Crippen LogP contribution in [0.25, 0.3) is 0 Å². The van der Waals surface area contributed by atoms with Gasteiger partial charge in [0.15, 0.2) is 0 Å². The van der Waals surface area contributed by atoms with E-state index in [9.17, 15) is 0 Å². The van der Waals surface area contributed by atoms with Crippen LogP contribution >= 0.6 is 0 Å². The van der Waals surface area contributed by atoms with Gasteiger partial charge in [0.05, 0.1) is 5.69 Å². The zero-order valence-electron chi connectivity index (χ0n) is 13.0. The molecule has 2 rings (SSSR count). The van der Waals surface area contributed by atoms with Crippen LogP contribution in [0.5, 0.6) is 0 Å². The first-order valence-corrected chi connectivity index (χ1v) is 7.42. The Labute approximate surface area is 122 Å². The maximum atomic E-state index is 4.45. The van der Waals surface area contributed by atoms with E-state index >= 15 is 0 Å². The molecule has 108 valence electrons. The van der Waals surface area contributed by atoms with Crippen molar-refractivity contribution in [2.24, 2.45) is 0 Å². The van der Waals surface area contributed by atoms with Crippen LogP contribution in [0.15, 0.2) is 30.5 Å². The Balaban J connectivity index is 2.12. The molecule has 1 aromatic carbocycles. The first-order chi connectivity index (χ1) is 9.60. The van der Waals surface area contributed by atoms with Crippen LogP contribution in [0.3, 0.4) is 0 Å². The smallest absolute Gasteiger partial charge is 0.106 e. The zero-order chi connectivity index (χ0) is 14.5.